The van der Waals surface area contributed by atoms with Gasteiger partial charge in [0.05, 0.1) is 10.5 Å². The Morgan fingerprint density at radius 1 is 1.21 bits per heavy atom. The standard InChI is InChI=1S/C25H26N4O3S/c1-17-8-10-20(11-9-17)33(31,32)21(15-26)14-22-24(28-12-4-6-18(2)16-28)27-23-19(3)7-5-13-29(23)25(22)30/h5,7-11,13-14,18H,4,6,12,16H2,1-3H3/b21-14+/t18-/m0/s1. The van der Waals surface area contributed by atoms with Gasteiger partial charge in [0, 0.05) is 19.3 Å². The van der Waals surface area contributed by atoms with E-state index in [1.54, 1.807) is 24.4 Å². The number of rotatable bonds is 4. The molecule has 0 N–H and O–H groups in total. The van der Waals surface area contributed by atoms with Gasteiger partial charge >= 0.3 is 0 Å². The Bertz CT molecular complexity index is 1450. The van der Waals surface area contributed by atoms with Crippen molar-refractivity contribution in [2.75, 3.05) is 18.0 Å². The highest BCUT2D eigenvalue weighted by Crippen LogP contribution is 2.28. The Hall–Kier alpha value is -3.44. The van der Waals surface area contributed by atoms with Gasteiger partial charge in [-0.15, -0.1) is 0 Å². The zero-order valence-electron chi connectivity index (χ0n) is 18.9. The second-order valence-electron chi connectivity index (χ2n) is 8.67. The Morgan fingerprint density at radius 3 is 2.61 bits per heavy atom. The van der Waals surface area contributed by atoms with E-state index in [4.69, 9.17) is 4.98 Å². The average Bonchev–Trinajstić information content (AvgIpc) is 2.79. The molecule has 8 heteroatoms. The summed E-state index contributed by atoms with van der Waals surface area (Å²) in [6, 6.07) is 11.7. The van der Waals surface area contributed by atoms with Gasteiger partial charge in [-0.25, -0.2) is 13.4 Å². The second-order valence-corrected chi connectivity index (χ2v) is 10.6. The van der Waals surface area contributed by atoms with Crippen LogP contribution < -0.4 is 10.5 Å². The number of benzene rings is 1. The fourth-order valence-electron chi connectivity index (χ4n) is 4.19. The molecule has 170 valence electrons. The molecule has 0 amide bonds. The van der Waals surface area contributed by atoms with E-state index < -0.39 is 20.3 Å². The van der Waals surface area contributed by atoms with Crippen LogP contribution in [0.15, 0.2) is 57.2 Å². The Balaban J connectivity index is 1.97. The smallest absolute Gasteiger partial charge is 0.267 e. The molecule has 0 radical (unpaired) electrons. The van der Waals surface area contributed by atoms with Crippen molar-refractivity contribution < 1.29 is 8.42 Å². The Labute approximate surface area is 193 Å². The number of aromatic nitrogens is 2. The van der Waals surface area contributed by atoms with E-state index in [9.17, 15) is 18.5 Å². The van der Waals surface area contributed by atoms with Crippen molar-refractivity contribution in [3.8, 4) is 6.07 Å². The molecule has 33 heavy (non-hydrogen) atoms. The van der Waals surface area contributed by atoms with Crippen LogP contribution >= 0.6 is 0 Å². The summed E-state index contributed by atoms with van der Waals surface area (Å²) in [7, 11) is -4.10. The lowest BCUT2D eigenvalue weighted by Gasteiger charge is -2.32. The van der Waals surface area contributed by atoms with E-state index in [0.29, 0.717) is 30.5 Å². The number of hydrogen-bond donors (Lipinski definition) is 0. The highest BCUT2D eigenvalue weighted by atomic mass is 32.2. The zero-order chi connectivity index (χ0) is 23.8. The van der Waals surface area contributed by atoms with Gasteiger partial charge in [-0.3, -0.25) is 9.20 Å². The molecule has 0 bridgehead atoms. The molecule has 1 aliphatic rings. The van der Waals surface area contributed by atoms with Crippen LogP contribution in [-0.2, 0) is 9.84 Å². The first kappa shape index (κ1) is 22.7. The summed E-state index contributed by atoms with van der Waals surface area (Å²) in [5.41, 5.74) is 1.98. The molecule has 1 saturated heterocycles. The predicted molar refractivity (Wildman–Crippen MR) is 129 cm³/mol. The van der Waals surface area contributed by atoms with Gasteiger partial charge in [-0.2, -0.15) is 5.26 Å². The lowest BCUT2D eigenvalue weighted by atomic mass is 10.00. The summed E-state index contributed by atoms with van der Waals surface area (Å²) in [5, 5.41) is 9.79. The lowest BCUT2D eigenvalue weighted by Crippen LogP contribution is -2.37. The monoisotopic (exact) mass is 462 g/mol. The third-order valence-corrected chi connectivity index (χ3v) is 7.71. The topological polar surface area (TPSA) is 95.5 Å². The van der Waals surface area contributed by atoms with Crippen molar-refractivity contribution in [1.82, 2.24) is 9.38 Å². The number of aryl methyl sites for hydroxylation is 2. The largest absolute Gasteiger partial charge is 0.356 e. The van der Waals surface area contributed by atoms with Crippen LogP contribution in [0, 0.1) is 31.1 Å². The van der Waals surface area contributed by atoms with Crippen molar-refractivity contribution in [3.63, 3.8) is 0 Å². The second kappa shape index (κ2) is 8.83. The van der Waals surface area contributed by atoms with E-state index in [1.807, 2.05) is 30.9 Å². The third-order valence-electron chi connectivity index (χ3n) is 6.03. The van der Waals surface area contributed by atoms with Crippen molar-refractivity contribution in [1.29, 1.82) is 5.26 Å². The number of hydrogen-bond acceptors (Lipinski definition) is 6. The highest BCUT2D eigenvalue weighted by Gasteiger charge is 2.26. The molecular formula is C25H26N4O3S. The van der Waals surface area contributed by atoms with E-state index in [1.165, 1.54) is 22.6 Å². The summed E-state index contributed by atoms with van der Waals surface area (Å²) in [6.07, 6.45) is 4.83. The van der Waals surface area contributed by atoms with Crippen molar-refractivity contribution in [3.05, 3.63) is 74.5 Å². The van der Waals surface area contributed by atoms with E-state index >= 15 is 0 Å². The number of allylic oxidation sites excluding steroid dienone is 1. The Morgan fingerprint density at radius 2 is 1.94 bits per heavy atom. The predicted octanol–water partition coefficient (Wildman–Crippen LogP) is 3.89. The molecule has 3 heterocycles. The van der Waals surface area contributed by atoms with Crippen LogP contribution in [0.4, 0.5) is 5.82 Å². The maximum atomic E-state index is 13.5. The molecule has 2 aromatic heterocycles. The molecule has 0 saturated carbocycles. The number of sulfone groups is 1. The van der Waals surface area contributed by atoms with Crippen LogP contribution in [0.25, 0.3) is 11.7 Å². The van der Waals surface area contributed by atoms with Crippen LogP contribution in [0.5, 0.6) is 0 Å². The minimum atomic E-state index is -4.10. The summed E-state index contributed by atoms with van der Waals surface area (Å²) in [5.74, 6) is 0.840. The van der Waals surface area contributed by atoms with Gasteiger partial charge in [0.2, 0.25) is 9.84 Å². The molecule has 3 aromatic rings. The summed E-state index contributed by atoms with van der Waals surface area (Å²) >= 11 is 0. The summed E-state index contributed by atoms with van der Waals surface area (Å²) in [4.78, 5) is 19.9. The Kier molecular flexibility index (Phi) is 6.09. The maximum absolute atomic E-state index is 13.5. The van der Waals surface area contributed by atoms with Crippen LogP contribution in [0.3, 0.4) is 0 Å². The minimum Gasteiger partial charge on any atom is -0.356 e. The molecule has 7 nitrogen and oxygen atoms in total. The molecule has 0 aliphatic carbocycles. The van der Waals surface area contributed by atoms with Gasteiger partial charge in [-0.1, -0.05) is 30.7 Å². The number of anilines is 1. The molecule has 0 unspecified atom stereocenters. The molecule has 1 aromatic carbocycles. The normalized spacial score (nSPS) is 17.2. The number of piperidine rings is 1. The van der Waals surface area contributed by atoms with Crippen molar-refractivity contribution in [2.24, 2.45) is 5.92 Å². The van der Waals surface area contributed by atoms with Crippen molar-refractivity contribution >= 4 is 27.4 Å². The zero-order valence-corrected chi connectivity index (χ0v) is 19.8. The number of nitrogens with zero attached hydrogens (tertiary/aromatic N) is 4. The van der Waals surface area contributed by atoms with E-state index in [-0.39, 0.29) is 10.5 Å². The first-order valence-corrected chi connectivity index (χ1v) is 12.4. The molecule has 1 fully saturated rings. The maximum Gasteiger partial charge on any atom is 0.267 e. The summed E-state index contributed by atoms with van der Waals surface area (Å²) in [6.45, 7) is 7.30. The van der Waals surface area contributed by atoms with Gasteiger partial charge in [0.1, 0.15) is 22.4 Å². The quantitative estimate of drug-likeness (QED) is 0.546. The highest BCUT2D eigenvalue weighted by molar-refractivity contribution is 7.95. The number of fused-ring (bicyclic) bond motifs is 1. The SMILES string of the molecule is Cc1ccc(S(=O)(=O)/C(C#N)=C/c2c(N3CCC[C@H](C)C3)nc3c(C)cccn3c2=O)cc1. The molecule has 0 spiro atoms. The molecule has 1 atom stereocenters. The van der Waals surface area contributed by atoms with Crippen LogP contribution in [0.2, 0.25) is 0 Å². The first-order valence-electron chi connectivity index (χ1n) is 10.9. The molecule has 4 rings (SSSR count). The van der Waals surface area contributed by atoms with Crippen LogP contribution in [-0.4, -0.2) is 30.9 Å². The third kappa shape index (κ3) is 4.29. The van der Waals surface area contributed by atoms with E-state index in [0.717, 1.165) is 24.0 Å². The lowest BCUT2D eigenvalue weighted by molar-refractivity contribution is 0.444. The van der Waals surface area contributed by atoms with Crippen LogP contribution in [0.1, 0.15) is 36.5 Å². The minimum absolute atomic E-state index is 0.0127. The summed E-state index contributed by atoms with van der Waals surface area (Å²) < 4.78 is 27.8. The number of nitriles is 1. The average molecular weight is 463 g/mol. The van der Waals surface area contributed by atoms with Gasteiger partial charge < -0.3 is 4.90 Å². The van der Waals surface area contributed by atoms with Gasteiger partial charge in [0.15, 0.2) is 0 Å². The fraction of sp³-hybridized carbons (Fsp3) is 0.320. The van der Waals surface area contributed by atoms with Gasteiger partial charge in [-0.05, 0) is 62.4 Å². The molecule has 1 aliphatic heterocycles. The molecular weight excluding hydrogens is 436 g/mol. The van der Waals surface area contributed by atoms with Gasteiger partial charge in [0.25, 0.3) is 5.56 Å². The van der Waals surface area contributed by atoms with E-state index in [2.05, 4.69) is 6.92 Å². The fourth-order valence-corrected chi connectivity index (χ4v) is 5.34. The van der Waals surface area contributed by atoms with Crippen molar-refractivity contribution in [2.45, 2.75) is 38.5 Å². The number of pyridine rings is 1. The first-order chi connectivity index (χ1) is 15.7.